The van der Waals surface area contributed by atoms with Crippen molar-refractivity contribution in [3.8, 4) is 0 Å². The van der Waals surface area contributed by atoms with Gasteiger partial charge < -0.3 is 11.1 Å². The SMILES string of the molecule is CC(=O)Nc1ccc2c(S(=O)(=O)O)cc(S(=O)(=O)O)cc2c1N.[NaH].[NaH]. The van der Waals surface area contributed by atoms with E-state index in [-0.39, 0.29) is 81.3 Å². The third kappa shape index (κ3) is 5.63. The number of anilines is 2. The Morgan fingerprint density at radius 3 is 2.00 bits per heavy atom. The Hall–Kier alpha value is -0.210. The van der Waals surface area contributed by atoms with Crippen molar-refractivity contribution in [2.45, 2.75) is 16.7 Å². The molecule has 0 fully saturated rings. The number of carbonyl (C=O) groups is 1. The second kappa shape index (κ2) is 8.65. The summed E-state index contributed by atoms with van der Waals surface area (Å²) >= 11 is 0. The van der Waals surface area contributed by atoms with E-state index in [1.807, 2.05) is 0 Å². The minimum atomic E-state index is -4.78. The first-order chi connectivity index (χ1) is 10.4. The number of benzene rings is 2. The molecule has 0 atom stereocenters. The van der Waals surface area contributed by atoms with Gasteiger partial charge in [-0.2, -0.15) is 16.8 Å². The van der Waals surface area contributed by atoms with E-state index in [0.29, 0.717) is 6.07 Å². The summed E-state index contributed by atoms with van der Waals surface area (Å²) in [5, 5.41) is 2.26. The molecule has 0 aliphatic heterocycles. The molecular weight excluding hydrogens is 394 g/mol. The average molecular weight is 408 g/mol. The summed E-state index contributed by atoms with van der Waals surface area (Å²) in [6.45, 7) is 1.22. The minimum absolute atomic E-state index is 0. The average Bonchev–Trinajstić information content (AvgIpc) is 2.38. The van der Waals surface area contributed by atoms with Crippen LogP contribution in [0.25, 0.3) is 10.8 Å². The van der Waals surface area contributed by atoms with Gasteiger partial charge in [-0.1, -0.05) is 6.07 Å². The van der Waals surface area contributed by atoms with E-state index in [4.69, 9.17) is 10.3 Å². The first kappa shape index (κ1) is 24.8. The molecule has 0 heterocycles. The Morgan fingerprint density at radius 2 is 1.56 bits per heavy atom. The van der Waals surface area contributed by atoms with Gasteiger partial charge >= 0.3 is 59.1 Å². The molecule has 1 amide bonds. The van der Waals surface area contributed by atoms with Gasteiger partial charge in [0.05, 0.1) is 16.3 Å². The van der Waals surface area contributed by atoms with Crippen LogP contribution in [0.3, 0.4) is 0 Å². The van der Waals surface area contributed by atoms with Gasteiger partial charge in [0.1, 0.15) is 4.90 Å². The summed E-state index contributed by atoms with van der Waals surface area (Å²) in [5.41, 5.74) is 5.83. The fourth-order valence-electron chi connectivity index (χ4n) is 2.06. The Morgan fingerprint density at radius 1 is 1.00 bits per heavy atom. The molecule has 2 aromatic rings. The number of carbonyl (C=O) groups excluding carboxylic acids is 1. The zero-order valence-corrected chi connectivity index (χ0v) is 13.3. The second-order valence-corrected chi connectivity index (χ2v) is 7.49. The predicted octanol–water partition coefficient (Wildman–Crippen LogP) is -0.423. The maximum absolute atomic E-state index is 11.5. The van der Waals surface area contributed by atoms with Crippen LogP contribution in [0.2, 0.25) is 0 Å². The van der Waals surface area contributed by atoms with Crippen molar-refractivity contribution < 1.29 is 30.7 Å². The van der Waals surface area contributed by atoms with Gasteiger partial charge in [0.2, 0.25) is 5.91 Å². The standard InChI is InChI=1S/C12H12N2O7S2.2Na.2H/c1-6(15)14-10-3-2-8-9(12(10)13)4-7(22(16,17)18)5-11(8)23(19,20)21;;;;/h2-5H,13H2,1H3,(H,14,15)(H,16,17,18)(H,19,20,21);;;;. The maximum atomic E-state index is 11.5. The Bertz CT molecular complexity index is 1040. The third-order valence-corrected chi connectivity index (χ3v) is 4.72. The molecule has 0 saturated heterocycles. The van der Waals surface area contributed by atoms with Crippen LogP contribution in [0.15, 0.2) is 34.1 Å². The molecule has 0 radical (unpaired) electrons. The van der Waals surface area contributed by atoms with Gasteiger partial charge in [-0.25, -0.2) is 0 Å². The zero-order chi connectivity index (χ0) is 17.6. The summed E-state index contributed by atoms with van der Waals surface area (Å²) < 4.78 is 63.9. The number of amides is 1. The van der Waals surface area contributed by atoms with E-state index in [0.717, 1.165) is 6.07 Å². The van der Waals surface area contributed by atoms with Crippen LogP contribution in [0.1, 0.15) is 6.92 Å². The van der Waals surface area contributed by atoms with Crippen molar-refractivity contribution in [2.24, 2.45) is 0 Å². The summed E-state index contributed by atoms with van der Waals surface area (Å²) in [6.07, 6.45) is 0. The van der Waals surface area contributed by atoms with Gasteiger partial charge in [-0.3, -0.25) is 13.9 Å². The molecule has 128 valence electrons. The molecule has 0 spiro atoms. The van der Waals surface area contributed by atoms with Gasteiger partial charge in [0.15, 0.2) is 0 Å². The van der Waals surface area contributed by atoms with Gasteiger partial charge in [-0.05, 0) is 18.2 Å². The van der Waals surface area contributed by atoms with Crippen molar-refractivity contribution in [3.05, 3.63) is 24.3 Å². The summed E-state index contributed by atoms with van der Waals surface area (Å²) in [5.74, 6) is -0.447. The van der Waals surface area contributed by atoms with Crippen molar-refractivity contribution in [1.29, 1.82) is 0 Å². The molecule has 0 aliphatic carbocycles. The number of nitrogens with two attached hydrogens (primary N) is 1. The quantitative estimate of drug-likeness (QED) is 0.302. The van der Waals surface area contributed by atoms with E-state index in [1.54, 1.807) is 0 Å². The number of fused-ring (bicyclic) bond motifs is 1. The van der Waals surface area contributed by atoms with Crippen molar-refractivity contribution >= 4 is 107 Å². The van der Waals surface area contributed by atoms with Gasteiger partial charge in [-0.15, -0.1) is 0 Å². The van der Waals surface area contributed by atoms with Crippen LogP contribution < -0.4 is 11.1 Å². The zero-order valence-electron chi connectivity index (χ0n) is 11.6. The molecule has 0 saturated carbocycles. The van der Waals surface area contributed by atoms with Gasteiger partial charge in [0.25, 0.3) is 20.2 Å². The van der Waals surface area contributed by atoms with Crippen LogP contribution in [0, 0.1) is 0 Å². The van der Waals surface area contributed by atoms with E-state index >= 15 is 0 Å². The second-order valence-electron chi connectivity index (χ2n) is 4.67. The molecule has 25 heavy (non-hydrogen) atoms. The third-order valence-electron chi connectivity index (χ3n) is 3.00. The van der Waals surface area contributed by atoms with E-state index in [1.165, 1.54) is 19.1 Å². The van der Waals surface area contributed by atoms with Crippen LogP contribution in [0.4, 0.5) is 11.4 Å². The van der Waals surface area contributed by atoms with E-state index < -0.39 is 35.9 Å². The number of rotatable bonds is 3. The summed E-state index contributed by atoms with van der Waals surface area (Å²) in [6, 6.07) is 4.11. The number of hydrogen-bond donors (Lipinski definition) is 4. The number of nitrogen functional groups attached to an aromatic ring is 1. The van der Waals surface area contributed by atoms with Crippen molar-refractivity contribution in [2.75, 3.05) is 11.1 Å². The Labute approximate surface area is 188 Å². The molecule has 0 unspecified atom stereocenters. The van der Waals surface area contributed by atoms with Crippen LogP contribution >= 0.6 is 0 Å². The molecular formula is C12H14N2Na2O7S2. The van der Waals surface area contributed by atoms with Crippen molar-refractivity contribution in [1.82, 2.24) is 0 Å². The predicted molar refractivity (Wildman–Crippen MR) is 96.6 cm³/mol. The van der Waals surface area contributed by atoms with Gasteiger partial charge in [0, 0.05) is 17.7 Å². The number of hydrogen-bond acceptors (Lipinski definition) is 6. The number of nitrogens with one attached hydrogen (secondary N) is 1. The summed E-state index contributed by atoms with van der Waals surface area (Å²) in [7, 11) is -9.53. The Balaban J connectivity index is 0.00000288. The van der Waals surface area contributed by atoms with E-state index in [2.05, 4.69) is 5.32 Å². The topological polar surface area (TPSA) is 164 Å². The molecule has 0 bridgehead atoms. The first-order valence-electron chi connectivity index (χ1n) is 6.00. The van der Waals surface area contributed by atoms with Crippen LogP contribution in [-0.2, 0) is 25.0 Å². The molecule has 0 aromatic heterocycles. The monoisotopic (exact) mass is 408 g/mol. The molecule has 2 aromatic carbocycles. The van der Waals surface area contributed by atoms with Crippen molar-refractivity contribution in [3.63, 3.8) is 0 Å². The molecule has 5 N–H and O–H groups in total. The first-order valence-corrected chi connectivity index (χ1v) is 8.88. The van der Waals surface area contributed by atoms with E-state index in [9.17, 15) is 26.2 Å². The fourth-order valence-corrected chi connectivity index (χ4v) is 3.40. The summed E-state index contributed by atoms with van der Waals surface area (Å²) in [4.78, 5) is 9.62. The normalized spacial score (nSPS) is 11.3. The Kier molecular flexibility index (Phi) is 8.58. The van der Waals surface area contributed by atoms with Crippen LogP contribution in [0.5, 0.6) is 0 Å². The molecule has 13 heteroatoms. The molecule has 0 aliphatic rings. The molecule has 9 nitrogen and oxygen atoms in total. The molecule has 2 rings (SSSR count). The fraction of sp³-hybridized carbons (Fsp3) is 0.0833. The van der Waals surface area contributed by atoms with Crippen LogP contribution in [-0.4, -0.2) is 91.0 Å².